The van der Waals surface area contributed by atoms with Crippen LogP contribution in [0.5, 0.6) is 0 Å². The van der Waals surface area contributed by atoms with Crippen LogP contribution in [0.4, 0.5) is 4.79 Å². The molecule has 7 nitrogen and oxygen atoms in total. The number of piperidine rings is 1. The third kappa shape index (κ3) is 2.37. The lowest BCUT2D eigenvalue weighted by Gasteiger charge is -2.38. The SMILES string of the molecule is CN1CC2(CCCN(C(=O)c3c4c(nn3C)CCCC4)C2)OC1=O. The van der Waals surface area contributed by atoms with Gasteiger partial charge in [0.15, 0.2) is 0 Å². The zero-order chi connectivity index (χ0) is 16.9. The van der Waals surface area contributed by atoms with Gasteiger partial charge in [-0.3, -0.25) is 9.48 Å². The number of hydrogen-bond acceptors (Lipinski definition) is 4. The molecular weight excluding hydrogens is 308 g/mol. The molecule has 130 valence electrons. The molecule has 1 spiro atoms. The minimum Gasteiger partial charge on any atom is -0.439 e. The molecule has 4 rings (SSSR count). The normalized spacial score (nSPS) is 26.7. The van der Waals surface area contributed by atoms with E-state index in [1.54, 1.807) is 16.6 Å². The van der Waals surface area contributed by atoms with Crippen molar-refractivity contribution in [3.05, 3.63) is 17.0 Å². The van der Waals surface area contributed by atoms with E-state index in [-0.39, 0.29) is 12.0 Å². The molecule has 1 atom stereocenters. The number of amides is 2. The van der Waals surface area contributed by atoms with Crippen LogP contribution in [0, 0.1) is 0 Å². The standard InChI is InChI=1S/C17H24N4O3/c1-19-10-17(24-16(19)23)8-5-9-21(11-17)15(22)14-12-6-3-4-7-13(12)18-20(14)2/h3-11H2,1-2H3. The van der Waals surface area contributed by atoms with E-state index >= 15 is 0 Å². The Morgan fingerprint density at radius 1 is 1.17 bits per heavy atom. The van der Waals surface area contributed by atoms with Crippen LogP contribution in [0.3, 0.4) is 0 Å². The van der Waals surface area contributed by atoms with Gasteiger partial charge in [-0.25, -0.2) is 4.79 Å². The molecule has 7 heteroatoms. The summed E-state index contributed by atoms with van der Waals surface area (Å²) in [5, 5.41) is 4.56. The summed E-state index contributed by atoms with van der Waals surface area (Å²) >= 11 is 0. The maximum Gasteiger partial charge on any atom is 0.410 e. The lowest BCUT2D eigenvalue weighted by molar-refractivity contribution is -0.00563. The smallest absolute Gasteiger partial charge is 0.410 e. The summed E-state index contributed by atoms with van der Waals surface area (Å²) in [6, 6.07) is 0. The van der Waals surface area contributed by atoms with E-state index in [2.05, 4.69) is 5.10 Å². The molecule has 3 aliphatic rings. The number of likely N-dealkylation sites (tertiary alicyclic amines) is 1. The van der Waals surface area contributed by atoms with Crippen molar-refractivity contribution in [2.45, 2.75) is 44.1 Å². The van der Waals surface area contributed by atoms with Crippen LogP contribution in [0.25, 0.3) is 0 Å². The average Bonchev–Trinajstić information content (AvgIpc) is 3.02. The molecule has 2 fully saturated rings. The van der Waals surface area contributed by atoms with Crippen molar-refractivity contribution >= 4 is 12.0 Å². The Morgan fingerprint density at radius 3 is 2.71 bits per heavy atom. The van der Waals surface area contributed by atoms with Gasteiger partial charge in [-0.1, -0.05) is 0 Å². The highest BCUT2D eigenvalue weighted by Gasteiger charge is 2.47. The van der Waals surface area contributed by atoms with Gasteiger partial charge < -0.3 is 14.5 Å². The average molecular weight is 332 g/mol. The molecule has 0 aromatic carbocycles. The van der Waals surface area contributed by atoms with E-state index in [4.69, 9.17) is 4.74 Å². The first kappa shape index (κ1) is 15.5. The molecule has 2 aliphatic heterocycles. The first-order chi connectivity index (χ1) is 11.5. The Kier molecular flexibility index (Phi) is 3.54. The second kappa shape index (κ2) is 5.50. The minimum absolute atomic E-state index is 0.0258. The van der Waals surface area contributed by atoms with Gasteiger partial charge in [0.05, 0.1) is 18.8 Å². The van der Waals surface area contributed by atoms with Gasteiger partial charge in [0, 0.05) is 26.2 Å². The summed E-state index contributed by atoms with van der Waals surface area (Å²) < 4.78 is 7.36. The summed E-state index contributed by atoms with van der Waals surface area (Å²) in [7, 11) is 3.60. The van der Waals surface area contributed by atoms with E-state index in [0.717, 1.165) is 55.5 Å². The molecule has 0 saturated carbocycles. The molecule has 1 aromatic rings. The number of ether oxygens (including phenoxy) is 1. The first-order valence-electron chi connectivity index (χ1n) is 8.77. The zero-order valence-corrected chi connectivity index (χ0v) is 14.4. The summed E-state index contributed by atoms with van der Waals surface area (Å²) in [4.78, 5) is 28.4. The Bertz CT molecular complexity index is 698. The van der Waals surface area contributed by atoms with Crippen molar-refractivity contribution in [3.63, 3.8) is 0 Å². The van der Waals surface area contributed by atoms with Crippen LogP contribution in [0.2, 0.25) is 0 Å². The van der Waals surface area contributed by atoms with E-state index in [1.165, 1.54) is 0 Å². The third-order valence-electron chi connectivity index (χ3n) is 5.49. The molecule has 3 heterocycles. The van der Waals surface area contributed by atoms with E-state index in [9.17, 15) is 9.59 Å². The highest BCUT2D eigenvalue weighted by Crippen LogP contribution is 2.33. The quantitative estimate of drug-likeness (QED) is 0.779. The molecule has 24 heavy (non-hydrogen) atoms. The van der Waals surface area contributed by atoms with E-state index < -0.39 is 5.60 Å². The largest absolute Gasteiger partial charge is 0.439 e. The lowest BCUT2D eigenvalue weighted by Crippen LogP contribution is -2.52. The van der Waals surface area contributed by atoms with Gasteiger partial charge in [-0.05, 0) is 38.5 Å². The lowest BCUT2D eigenvalue weighted by atomic mass is 9.91. The summed E-state index contributed by atoms with van der Waals surface area (Å²) in [5.74, 6) is 0.0258. The topological polar surface area (TPSA) is 67.7 Å². The van der Waals surface area contributed by atoms with Gasteiger partial charge in [-0.2, -0.15) is 5.10 Å². The fraction of sp³-hybridized carbons (Fsp3) is 0.706. The van der Waals surface area contributed by atoms with Gasteiger partial charge in [0.1, 0.15) is 11.3 Å². The van der Waals surface area contributed by atoms with E-state index in [1.807, 2.05) is 11.9 Å². The van der Waals surface area contributed by atoms with Gasteiger partial charge in [0.2, 0.25) is 0 Å². The second-order valence-electron chi connectivity index (χ2n) is 7.34. The molecule has 1 aromatic heterocycles. The zero-order valence-electron chi connectivity index (χ0n) is 14.4. The van der Waals surface area contributed by atoms with Crippen LogP contribution in [0.1, 0.15) is 47.4 Å². The monoisotopic (exact) mass is 332 g/mol. The Hall–Kier alpha value is -2.05. The van der Waals surface area contributed by atoms with Crippen molar-refractivity contribution in [1.82, 2.24) is 19.6 Å². The van der Waals surface area contributed by atoms with Crippen molar-refractivity contribution in [1.29, 1.82) is 0 Å². The number of carbonyl (C=O) groups excluding carboxylic acids is 2. The van der Waals surface area contributed by atoms with E-state index in [0.29, 0.717) is 19.6 Å². The van der Waals surface area contributed by atoms with Crippen LogP contribution < -0.4 is 0 Å². The predicted octanol–water partition coefficient (Wildman–Crippen LogP) is 1.36. The van der Waals surface area contributed by atoms with Gasteiger partial charge in [-0.15, -0.1) is 0 Å². The molecule has 0 bridgehead atoms. The molecular formula is C17H24N4O3. The van der Waals surface area contributed by atoms with Crippen LogP contribution >= 0.6 is 0 Å². The molecule has 2 saturated heterocycles. The number of likely N-dealkylation sites (N-methyl/N-ethyl adjacent to an activating group) is 1. The highest BCUT2D eigenvalue weighted by atomic mass is 16.6. The Morgan fingerprint density at radius 2 is 1.96 bits per heavy atom. The van der Waals surface area contributed by atoms with Crippen LogP contribution in [-0.2, 0) is 24.6 Å². The second-order valence-corrected chi connectivity index (χ2v) is 7.34. The number of aromatic nitrogens is 2. The van der Waals surface area contributed by atoms with Crippen molar-refractivity contribution in [3.8, 4) is 0 Å². The fourth-order valence-corrected chi connectivity index (χ4v) is 4.37. The maximum atomic E-state index is 13.2. The van der Waals surface area contributed by atoms with Crippen molar-refractivity contribution in [2.24, 2.45) is 7.05 Å². The predicted molar refractivity (Wildman–Crippen MR) is 86.8 cm³/mol. The third-order valence-corrected chi connectivity index (χ3v) is 5.49. The highest BCUT2D eigenvalue weighted by molar-refractivity contribution is 5.94. The minimum atomic E-state index is -0.543. The molecule has 0 N–H and O–H groups in total. The molecule has 1 aliphatic carbocycles. The van der Waals surface area contributed by atoms with Gasteiger partial charge >= 0.3 is 6.09 Å². The summed E-state index contributed by atoms with van der Waals surface area (Å²) in [6.07, 6.45) is 5.53. The fourth-order valence-electron chi connectivity index (χ4n) is 4.37. The Labute approximate surface area is 141 Å². The van der Waals surface area contributed by atoms with Crippen LogP contribution in [0.15, 0.2) is 0 Å². The molecule has 2 amide bonds. The number of fused-ring (bicyclic) bond motifs is 1. The van der Waals surface area contributed by atoms with Crippen molar-refractivity contribution in [2.75, 3.05) is 26.7 Å². The number of rotatable bonds is 1. The number of hydrogen-bond donors (Lipinski definition) is 0. The van der Waals surface area contributed by atoms with Crippen LogP contribution in [-0.4, -0.2) is 63.9 Å². The first-order valence-corrected chi connectivity index (χ1v) is 8.77. The van der Waals surface area contributed by atoms with Gasteiger partial charge in [0.25, 0.3) is 5.91 Å². The van der Waals surface area contributed by atoms with Crippen molar-refractivity contribution < 1.29 is 14.3 Å². The number of aryl methyl sites for hydroxylation is 2. The Balaban J connectivity index is 1.59. The molecule has 0 radical (unpaired) electrons. The number of nitrogens with zero attached hydrogens (tertiary/aromatic N) is 4. The number of carbonyl (C=O) groups is 2. The molecule has 1 unspecified atom stereocenters. The summed E-state index contributed by atoms with van der Waals surface area (Å²) in [5.41, 5.74) is 2.37. The maximum absolute atomic E-state index is 13.2. The summed E-state index contributed by atoms with van der Waals surface area (Å²) in [6.45, 7) is 1.74.